The maximum absolute atomic E-state index is 12.6. The molecule has 5 rings (SSSR count). The van der Waals surface area contributed by atoms with Crippen molar-refractivity contribution in [1.82, 2.24) is 10.1 Å². The van der Waals surface area contributed by atoms with Crippen LogP contribution in [0.15, 0.2) is 47.0 Å². The monoisotopic (exact) mass is 318 g/mol. The molecule has 0 bridgehead atoms. The van der Waals surface area contributed by atoms with E-state index in [1.807, 2.05) is 42.5 Å². The smallest absolute Gasteiger partial charge is 0.257 e. The summed E-state index contributed by atoms with van der Waals surface area (Å²) in [4.78, 5) is 17.1. The summed E-state index contributed by atoms with van der Waals surface area (Å²) in [5.41, 5.74) is 4.16. The quantitative estimate of drug-likeness (QED) is 0.566. The summed E-state index contributed by atoms with van der Waals surface area (Å²) in [6, 6.07) is 13.4. The van der Waals surface area contributed by atoms with E-state index >= 15 is 0 Å². The van der Waals surface area contributed by atoms with Crippen LogP contribution in [0.2, 0.25) is 0 Å². The Balaban J connectivity index is 1.54. The van der Waals surface area contributed by atoms with Gasteiger partial charge in [0, 0.05) is 29.2 Å². The van der Waals surface area contributed by atoms with Gasteiger partial charge in [-0.2, -0.15) is 4.98 Å². The highest BCUT2D eigenvalue weighted by atomic mass is 16.5. The Morgan fingerprint density at radius 3 is 2.67 bits per heavy atom. The van der Waals surface area contributed by atoms with Crippen molar-refractivity contribution in [3.05, 3.63) is 59.4 Å². The number of carbonyl (C=O) groups excluding carboxylic acids is 1. The van der Waals surface area contributed by atoms with Crippen molar-refractivity contribution in [1.29, 1.82) is 0 Å². The van der Waals surface area contributed by atoms with Gasteiger partial charge in [0.2, 0.25) is 0 Å². The van der Waals surface area contributed by atoms with Crippen molar-refractivity contribution in [2.24, 2.45) is 0 Å². The van der Waals surface area contributed by atoms with E-state index in [0.717, 1.165) is 35.3 Å². The maximum Gasteiger partial charge on any atom is 0.257 e. The van der Waals surface area contributed by atoms with E-state index in [1.165, 1.54) is 0 Å². The highest BCUT2D eigenvalue weighted by Gasteiger charge is 2.28. The number of ether oxygens (including phenoxy) is 1. The molecule has 24 heavy (non-hydrogen) atoms. The molecule has 5 heteroatoms. The number of benzene rings is 2. The number of carbonyl (C=O) groups is 1. The Bertz CT molecular complexity index is 955. The summed E-state index contributed by atoms with van der Waals surface area (Å²) in [5.74, 6) is 1.37. The molecule has 0 spiro atoms. The third kappa shape index (κ3) is 1.95. The molecular weight excluding hydrogens is 304 g/mol. The minimum Gasteiger partial charge on any atom is -0.381 e. The molecular formula is C19H14N2O3. The van der Waals surface area contributed by atoms with Crippen LogP contribution in [0.4, 0.5) is 0 Å². The highest BCUT2D eigenvalue weighted by molar-refractivity contribution is 6.22. The Kier molecular flexibility index (Phi) is 2.90. The fourth-order valence-electron chi connectivity index (χ4n) is 3.42. The first-order valence-electron chi connectivity index (χ1n) is 8.01. The minimum absolute atomic E-state index is 0.0476. The van der Waals surface area contributed by atoms with Crippen molar-refractivity contribution >= 4 is 5.78 Å². The highest BCUT2D eigenvalue weighted by Crippen LogP contribution is 2.38. The molecule has 5 nitrogen and oxygen atoms in total. The van der Waals surface area contributed by atoms with Crippen LogP contribution in [0.3, 0.4) is 0 Å². The van der Waals surface area contributed by atoms with Crippen LogP contribution in [-0.4, -0.2) is 29.1 Å². The fraction of sp³-hybridized carbons (Fsp3) is 0.211. The molecule has 2 aromatic carbocycles. The molecule has 2 heterocycles. The second kappa shape index (κ2) is 5.11. The first-order valence-corrected chi connectivity index (χ1v) is 8.01. The fourth-order valence-corrected chi connectivity index (χ4v) is 3.42. The summed E-state index contributed by atoms with van der Waals surface area (Å²) in [6.07, 6.45) is 0.914. The summed E-state index contributed by atoms with van der Waals surface area (Å²) in [6.45, 7) is 1.37. The van der Waals surface area contributed by atoms with Crippen molar-refractivity contribution in [3.8, 4) is 22.6 Å². The van der Waals surface area contributed by atoms with Gasteiger partial charge in [-0.05, 0) is 29.7 Å². The summed E-state index contributed by atoms with van der Waals surface area (Å²) in [5, 5.41) is 4.08. The van der Waals surface area contributed by atoms with E-state index in [4.69, 9.17) is 9.26 Å². The Morgan fingerprint density at radius 2 is 1.83 bits per heavy atom. The van der Waals surface area contributed by atoms with Crippen LogP contribution in [0.25, 0.3) is 22.6 Å². The van der Waals surface area contributed by atoms with Gasteiger partial charge in [-0.15, -0.1) is 0 Å². The zero-order chi connectivity index (χ0) is 16.1. The van der Waals surface area contributed by atoms with Crippen LogP contribution in [0.1, 0.15) is 34.1 Å². The molecule has 0 radical (unpaired) electrons. The number of rotatable bonds is 2. The molecule has 2 aliphatic rings. The second-order valence-corrected chi connectivity index (χ2v) is 6.15. The standard InChI is InChI=1S/C19H14N2O3/c22-17-15-4-2-1-3-13(15)14-6-5-11(9-16(14)17)19-20-18(21-24-19)12-7-8-23-10-12/h1-6,9,12H,7-8,10H2/t12-/m0/s1. The number of ketones is 1. The van der Waals surface area contributed by atoms with Gasteiger partial charge in [0.15, 0.2) is 11.6 Å². The van der Waals surface area contributed by atoms with Crippen LogP contribution < -0.4 is 0 Å². The molecule has 3 aromatic rings. The predicted octanol–water partition coefficient (Wildman–Crippen LogP) is 3.45. The zero-order valence-corrected chi connectivity index (χ0v) is 12.9. The van der Waals surface area contributed by atoms with E-state index in [1.54, 1.807) is 0 Å². The molecule has 1 fully saturated rings. The summed E-state index contributed by atoms with van der Waals surface area (Å²) in [7, 11) is 0. The van der Waals surface area contributed by atoms with Crippen molar-refractivity contribution < 1.29 is 14.1 Å². The van der Waals surface area contributed by atoms with Gasteiger partial charge >= 0.3 is 0 Å². The predicted molar refractivity (Wildman–Crippen MR) is 86.8 cm³/mol. The molecule has 118 valence electrons. The van der Waals surface area contributed by atoms with E-state index < -0.39 is 0 Å². The topological polar surface area (TPSA) is 65.2 Å². The number of aromatic nitrogens is 2. The molecule has 1 saturated heterocycles. The van der Waals surface area contributed by atoms with Gasteiger partial charge in [-0.3, -0.25) is 4.79 Å². The van der Waals surface area contributed by atoms with E-state index in [2.05, 4.69) is 10.1 Å². The number of nitrogens with zero attached hydrogens (tertiary/aromatic N) is 2. The largest absolute Gasteiger partial charge is 0.381 e. The van der Waals surface area contributed by atoms with Gasteiger partial charge < -0.3 is 9.26 Å². The maximum atomic E-state index is 12.6. The van der Waals surface area contributed by atoms with Gasteiger partial charge in [0.1, 0.15) is 0 Å². The number of hydrogen-bond acceptors (Lipinski definition) is 5. The lowest BCUT2D eigenvalue weighted by Gasteiger charge is -2.01. The molecule has 1 aliphatic carbocycles. The summed E-state index contributed by atoms with van der Waals surface area (Å²) >= 11 is 0. The van der Waals surface area contributed by atoms with Crippen LogP contribution in [-0.2, 0) is 4.74 Å². The van der Waals surface area contributed by atoms with E-state index in [-0.39, 0.29) is 11.7 Å². The zero-order valence-electron chi connectivity index (χ0n) is 12.9. The average Bonchev–Trinajstić information content (AvgIpc) is 3.35. The Labute approximate surface area is 138 Å². The number of fused-ring (bicyclic) bond motifs is 3. The van der Waals surface area contributed by atoms with Crippen LogP contribution >= 0.6 is 0 Å². The molecule has 1 atom stereocenters. The molecule has 0 unspecified atom stereocenters. The van der Waals surface area contributed by atoms with Gasteiger partial charge in [-0.25, -0.2) is 0 Å². The van der Waals surface area contributed by atoms with Gasteiger partial charge in [-0.1, -0.05) is 35.5 Å². The van der Waals surface area contributed by atoms with Gasteiger partial charge in [0.05, 0.1) is 6.61 Å². The van der Waals surface area contributed by atoms with Crippen molar-refractivity contribution in [2.45, 2.75) is 12.3 Å². The van der Waals surface area contributed by atoms with Crippen molar-refractivity contribution in [3.63, 3.8) is 0 Å². The average molecular weight is 318 g/mol. The molecule has 1 aliphatic heterocycles. The number of hydrogen-bond donors (Lipinski definition) is 0. The first-order chi connectivity index (χ1) is 11.8. The van der Waals surface area contributed by atoms with E-state index in [0.29, 0.717) is 23.9 Å². The normalized spacial score (nSPS) is 18.7. The second-order valence-electron chi connectivity index (χ2n) is 6.15. The van der Waals surface area contributed by atoms with Gasteiger partial charge in [0.25, 0.3) is 5.89 Å². The Morgan fingerprint density at radius 1 is 1.00 bits per heavy atom. The van der Waals surface area contributed by atoms with Crippen molar-refractivity contribution in [2.75, 3.05) is 13.2 Å². The first kappa shape index (κ1) is 13.6. The molecule has 0 amide bonds. The summed E-state index contributed by atoms with van der Waals surface area (Å²) < 4.78 is 10.8. The molecule has 1 aromatic heterocycles. The molecule has 0 saturated carbocycles. The van der Waals surface area contributed by atoms with Crippen LogP contribution in [0.5, 0.6) is 0 Å². The van der Waals surface area contributed by atoms with Crippen LogP contribution in [0, 0.1) is 0 Å². The third-order valence-corrected chi connectivity index (χ3v) is 4.71. The lowest BCUT2D eigenvalue weighted by Crippen LogP contribution is -1.99. The lowest BCUT2D eigenvalue weighted by molar-refractivity contribution is 0.104. The lowest BCUT2D eigenvalue weighted by atomic mass is 10.0. The molecule has 0 N–H and O–H groups in total. The third-order valence-electron chi connectivity index (χ3n) is 4.71. The minimum atomic E-state index is 0.0476. The SMILES string of the molecule is O=C1c2ccccc2-c2ccc(-c3nc([C@H]4CCOC4)no3)cc21. The van der Waals surface area contributed by atoms with E-state index in [9.17, 15) is 4.79 Å². The Hall–Kier alpha value is -2.79.